The minimum absolute atomic E-state index is 0.0419. The van der Waals surface area contributed by atoms with Crippen molar-refractivity contribution in [3.05, 3.63) is 0 Å². The van der Waals surface area contributed by atoms with Crippen molar-refractivity contribution in [2.45, 2.75) is 25.5 Å². The molecule has 0 aromatic rings. The van der Waals surface area contributed by atoms with E-state index in [1.54, 1.807) is 0 Å². The second kappa shape index (κ2) is 8.89. The monoisotopic (exact) mass is 408 g/mol. The molecule has 0 amide bonds. The highest BCUT2D eigenvalue weighted by Gasteiger charge is 2.45. The Balaban J connectivity index is 2.67. The lowest BCUT2D eigenvalue weighted by Crippen LogP contribution is -2.17. The van der Waals surface area contributed by atoms with Crippen LogP contribution in [0.15, 0.2) is 0 Å². The highest BCUT2D eigenvalue weighted by molar-refractivity contribution is 7.67. The van der Waals surface area contributed by atoms with Gasteiger partial charge in [-0.25, -0.2) is 13.7 Å². The van der Waals surface area contributed by atoms with E-state index < -0.39 is 35.6 Å². The number of hydrogen-bond donors (Lipinski definition) is 1. The van der Waals surface area contributed by atoms with E-state index in [0.29, 0.717) is 6.42 Å². The van der Waals surface area contributed by atoms with E-state index in [9.17, 15) is 18.6 Å². The first-order chi connectivity index (χ1) is 11.0. The predicted octanol–water partition coefficient (Wildman–Crippen LogP) is 2.21. The van der Waals surface area contributed by atoms with Crippen molar-refractivity contribution >= 4 is 31.3 Å². The molecule has 11 nitrogen and oxygen atoms in total. The zero-order valence-electron chi connectivity index (χ0n) is 13.6. The van der Waals surface area contributed by atoms with Gasteiger partial charge in [0.2, 0.25) is 0 Å². The zero-order valence-corrected chi connectivity index (χ0v) is 16.3. The lowest BCUT2D eigenvalue weighted by Gasteiger charge is -2.22. The molecular weight excluding hydrogens is 388 g/mol. The van der Waals surface area contributed by atoms with Crippen LogP contribution in [-0.2, 0) is 45.1 Å². The van der Waals surface area contributed by atoms with Crippen LogP contribution in [0.5, 0.6) is 0 Å². The standard InChI is InChI=1S/C9H20BO11P3/c1-7-5-8(19-9(7)10)6-18-22(11,12)20-24(14,17-4)21-23(13,15-2)16-3/h7-9H,5-6H2,1-4H3,(H,11,12). The third kappa shape index (κ3) is 6.63. The molecule has 0 spiro atoms. The summed E-state index contributed by atoms with van der Waals surface area (Å²) in [6.07, 6.45) is -0.0340. The van der Waals surface area contributed by atoms with Gasteiger partial charge in [-0.2, -0.15) is 8.62 Å². The van der Waals surface area contributed by atoms with Crippen LogP contribution in [0, 0.1) is 5.92 Å². The van der Waals surface area contributed by atoms with Gasteiger partial charge in [0.1, 0.15) is 7.85 Å². The normalized spacial score (nSPS) is 30.0. The summed E-state index contributed by atoms with van der Waals surface area (Å²) >= 11 is 0. The smallest absolute Gasteiger partial charge is 0.382 e. The Morgan fingerprint density at radius 3 is 2.04 bits per heavy atom. The van der Waals surface area contributed by atoms with Crippen LogP contribution in [0.25, 0.3) is 0 Å². The fourth-order valence-corrected chi connectivity index (χ4v) is 5.88. The number of phosphoric ester groups is 2. The molecule has 15 heteroatoms. The van der Waals surface area contributed by atoms with Crippen molar-refractivity contribution in [2.75, 3.05) is 27.9 Å². The van der Waals surface area contributed by atoms with E-state index in [1.165, 1.54) is 0 Å². The Morgan fingerprint density at radius 1 is 1.08 bits per heavy atom. The van der Waals surface area contributed by atoms with Gasteiger partial charge in [0.25, 0.3) is 0 Å². The number of hydrogen-bond acceptors (Lipinski definition) is 10. The Hall–Kier alpha value is 0.435. The van der Waals surface area contributed by atoms with Crippen molar-refractivity contribution in [3.63, 3.8) is 0 Å². The Labute approximate surface area is 141 Å². The summed E-state index contributed by atoms with van der Waals surface area (Å²) in [4.78, 5) is 9.64. The van der Waals surface area contributed by atoms with E-state index in [2.05, 4.69) is 22.2 Å². The molecular formula is C9H20BO11P3. The van der Waals surface area contributed by atoms with Crippen LogP contribution in [0.2, 0.25) is 0 Å². The van der Waals surface area contributed by atoms with Crippen molar-refractivity contribution in [3.8, 4) is 0 Å². The third-order valence-electron chi connectivity index (χ3n) is 3.04. The van der Waals surface area contributed by atoms with Crippen LogP contribution >= 0.6 is 23.5 Å². The first kappa shape index (κ1) is 22.5. The van der Waals surface area contributed by atoms with E-state index >= 15 is 0 Å². The van der Waals surface area contributed by atoms with E-state index in [4.69, 9.17) is 17.1 Å². The van der Waals surface area contributed by atoms with Gasteiger partial charge in [0, 0.05) is 27.3 Å². The molecule has 2 radical (unpaired) electrons. The summed E-state index contributed by atoms with van der Waals surface area (Å²) in [5.74, 6) is 0.0419. The van der Waals surface area contributed by atoms with Crippen LogP contribution in [0.3, 0.4) is 0 Å². The maximum Gasteiger partial charge on any atom is 0.492 e. The number of ether oxygens (including phenoxy) is 1. The van der Waals surface area contributed by atoms with Gasteiger partial charge in [-0.05, 0) is 12.3 Å². The molecule has 1 aliphatic rings. The maximum absolute atomic E-state index is 12.2. The lowest BCUT2D eigenvalue weighted by molar-refractivity contribution is 0.0372. The van der Waals surface area contributed by atoms with Crippen molar-refractivity contribution < 1.29 is 50.0 Å². The van der Waals surface area contributed by atoms with E-state index in [-0.39, 0.29) is 12.5 Å². The predicted molar refractivity (Wildman–Crippen MR) is 82.4 cm³/mol. The fraction of sp³-hybridized carbons (Fsp3) is 1.00. The summed E-state index contributed by atoms with van der Waals surface area (Å²) in [6.45, 7) is 1.50. The molecule has 140 valence electrons. The molecule has 1 aliphatic heterocycles. The van der Waals surface area contributed by atoms with Gasteiger partial charge in [-0.1, -0.05) is 6.92 Å². The van der Waals surface area contributed by atoms with Crippen molar-refractivity contribution in [1.82, 2.24) is 0 Å². The second-order valence-electron chi connectivity index (χ2n) is 4.81. The largest absolute Gasteiger partial charge is 0.492 e. The maximum atomic E-state index is 12.2. The summed E-state index contributed by atoms with van der Waals surface area (Å²) < 4.78 is 67.9. The quantitative estimate of drug-likeness (QED) is 0.421. The minimum atomic E-state index is -4.90. The first-order valence-corrected chi connectivity index (χ1v) is 11.1. The van der Waals surface area contributed by atoms with Gasteiger partial charge in [0.15, 0.2) is 0 Å². The summed E-state index contributed by atoms with van der Waals surface area (Å²) in [5.41, 5.74) is 0. The summed E-state index contributed by atoms with van der Waals surface area (Å²) in [6, 6.07) is -0.514. The highest BCUT2D eigenvalue weighted by Crippen LogP contribution is 2.71. The molecule has 1 rings (SSSR count). The molecule has 1 N–H and O–H groups in total. The average molecular weight is 408 g/mol. The van der Waals surface area contributed by atoms with Crippen LogP contribution < -0.4 is 0 Å². The lowest BCUT2D eigenvalue weighted by atomic mass is 9.88. The van der Waals surface area contributed by atoms with Gasteiger partial charge in [-0.3, -0.25) is 18.1 Å². The Morgan fingerprint density at radius 2 is 1.62 bits per heavy atom. The molecule has 5 atom stereocenters. The second-order valence-corrected chi connectivity index (χ2v) is 10.2. The molecule has 1 heterocycles. The molecule has 0 aliphatic carbocycles. The van der Waals surface area contributed by atoms with Gasteiger partial charge >= 0.3 is 23.5 Å². The van der Waals surface area contributed by atoms with E-state index in [1.807, 2.05) is 6.92 Å². The minimum Gasteiger partial charge on any atom is -0.382 e. The summed E-state index contributed by atoms with van der Waals surface area (Å²) in [5, 5.41) is 0. The SMILES string of the molecule is [B]C1OC(COP(=O)(O)OP(=O)(OC)OP(=O)(OC)OC)CC1C. The molecule has 24 heavy (non-hydrogen) atoms. The van der Waals surface area contributed by atoms with Crippen LogP contribution in [0.1, 0.15) is 13.3 Å². The number of rotatable bonds is 10. The molecule has 1 saturated heterocycles. The van der Waals surface area contributed by atoms with Gasteiger partial charge < -0.3 is 9.63 Å². The molecule has 0 aromatic carbocycles. The topological polar surface area (TPSA) is 136 Å². The van der Waals surface area contributed by atoms with Crippen LogP contribution in [-0.4, -0.2) is 52.8 Å². The third-order valence-corrected chi connectivity index (χ3v) is 8.09. The Bertz CT molecular complexity index is 539. The molecule has 1 fully saturated rings. The molecule has 0 saturated carbocycles. The van der Waals surface area contributed by atoms with Crippen molar-refractivity contribution in [2.24, 2.45) is 5.92 Å². The van der Waals surface area contributed by atoms with Gasteiger partial charge in [-0.15, -0.1) is 0 Å². The highest BCUT2D eigenvalue weighted by atomic mass is 31.3. The molecule has 0 bridgehead atoms. The van der Waals surface area contributed by atoms with E-state index in [0.717, 1.165) is 21.3 Å². The van der Waals surface area contributed by atoms with Crippen molar-refractivity contribution in [1.29, 1.82) is 0 Å². The molecule has 0 aromatic heterocycles. The molecule has 5 unspecified atom stereocenters. The van der Waals surface area contributed by atoms with Crippen LogP contribution in [0.4, 0.5) is 0 Å². The number of phosphoric acid groups is 3. The fourth-order valence-electron chi connectivity index (χ4n) is 1.74. The summed E-state index contributed by atoms with van der Waals surface area (Å²) in [7, 11) is -5.59. The van der Waals surface area contributed by atoms with Gasteiger partial charge in [0.05, 0.1) is 12.7 Å². The Kier molecular flexibility index (Phi) is 8.32. The average Bonchev–Trinajstić information content (AvgIpc) is 2.83. The zero-order chi connectivity index (χ0) is 18.6. The first-order valence-electron chi connectivity index (χ1n) is 6.66.